The van der Waals surface area contributed by atoms with Crippen LogP contribution < -0.4 is 5.43 Å². The lowest BCUT2D eigenvalue weighted by Gasteiger charge is -2.08. The highest BCUT2D eigenvalue weighted by atomic mass is 79.9. The van der Waals surface area contributed by atoms with Crippen molar-refractivity contribution in [3.05, 3.63) is 33.2 Å². The van der Waals surface area contributed by atoms with Crippen molar-refractivity contribution in [2.45, 2.75) is 0 Å². The number of hydrogen-bond donors (Lipinski definition) is 2. The molecule has 1 rings (SSSR count). The molecule has 1 aromatic rings. The molecule has 0 fully saturated rings. The zero-order valence-electron chi connectivity index (χ0n) is 7.96. The molecule has 1 aromatic carbocycles. The van der Waals surface area contributed by atoms with Gasteiger partial charge in [-0.1, -0.05) is 27.7 Å². The normalized spacial score (nSPS) is 10.6. The van der Waals surface area contributed by atoms with Crippen molar-refractivity contribution >= 4 is 37.6 Å². The monoisotopic (exact) mass is 333 g/mol. The molecule has 0 aliphatic carbocycles. The summed E-state index contributed by atoms with van der Waals surface area (Å²) in [5.74, 6) is 0.113. The Morgan fingerprint density at radius 1 is 1.47 bits per heavy atom. The summed E-state index contributed by atoms with van der Waals surface area (Å²) in [5.41, 5.74) is 3.64. The van der Waals surface area contributed by atoms with Crippen LogP contribution in [0.3, 0.4) is 0 Å². The van der Waals surface area contributed by atoms with Crippen LogP contribution in [0.5, 0.6) is 5.75 Å². The summed E-state index contributed by atoms with van der Waals surface area (Å²) in [6.45, 7) is 3.74. The minimum absolute atomic E-state index is 0.113. The van der Waals surface area contributed by atoms with Crippen LogP contribution in [0.15, 0.2) is 38.0 Å². The van der Waals surface area contributed by atoms with Gasteiger partial charge in [0.05, 0.1) is 17.2 Å². The highest BCUT2D eigenvalue weighted by Gasteiger charge is 2.09. The molecule has 0 heterocycles. The van der Waals surface area contributed by atoms with E-state index in [2.05, 4.69) is 54.2 Å². The molecule has 0 aromatic heterocycles. The summed E-state index contributed by atoms with van der Waals surface area (Å²) in [7, 11) is 1.54. The van der Waals surface area contributed by atoms with Gasteiger partial charge in [-0.3, -0.25) is 5.43 Å². The average molecular weight is 335 g/mol. The molecule has 6 heteroatoms. The van der Waals surface area contributed by atoms with Crippen LogP contribution in [-0.4, -0.2) is 12.2 Å². The number of rotatable bonds is 3. The molecule has 15 heavy (non-hydrogen) atoms. The zero-order chi connectivity index (χ0) is 11.4. The number of halogens is 2. The molecule has 0 saturated heterocycles. The Morgan fingerprint density at radius 2 is 2.13 bits per heavy atom. The average Bonchev–Trinajstić information content (AvgIpc) is 2.19. The number of benzene rings is 1. The smallest absolute Gasteiger partial charge is 0.139 e. The molecule has 0 spiro atoms. The van der Waals surface area contributed by atoms with Gasteiger partial charge in [0.25, 0.3) is 0 Å². The van der Waals surface area contributed by atoms with Crippen molar-refractivity contribution in [3.8, 4) is 5.75 Å². The van der Waals surface area contributed by atoms with E-state index in [4.69, 9.17) is 0 Å². The second-order valence-corrected chi connectivity index (χ2v) is 4.44. The van der Waals surface area contributed by atoms with Gasteiger partial charge in [0.2, 0.25) is 0 Å². The van der Waals surface area contributed by atoms with E-state index in [9.17, 15) is 5.11 Å². The quantitative estimate of drug-likeness (QED) is 0.656. The lowest BCUT2D eigenvalue weighted by atomic mass is 10.1. The van der Waals surface area contributed by atoms with Gasteiger partial charge in [-0.2, -0.15) is 5.11 Å². The number of hydrogen-bond acceptors (Lipinski definition) is 3. The van der Waals surface area contributed by atoms with Crippen LogP contribution >= 0.6 is 31.9 Å². The van der Waals surface area contributed by atoms with Gasteiger partial charge in [-0.05, 0) is 28.1 Å². The second kappa shape index (κ2) is 5.27. The van der Waals surface area contributed by atoms with Gasteiger partial charge in [-0.15, -0.1) is 0 Å². The van der Waals surface area contributed by atoms with Crippen molar-refractivity contribution in [3.63, 3.8) is 0 Å². The van der Waals surface area contributed by atoms with E-state index < -0.39 is 0 Å². The van der Waals surface area contributed by atoms with Gasteiger partial charge in [0.15, 0.2) is 0 Å². The Labute approximate surface area is 104 Å². The first-order valence-electron chi connectivity index (χ1n) is 3.98. The summed E-state index contributed by atoms with van der Waals surface area (Å²) in [5, 5.41) is 16.9. The molecule has 2 N–H and O–H groups in total. The topological polar surface area (TPSA) is 57.0 Å². The van der Waals surface area contributed by atoms with Crippen molar-refractivity contribution in [1.82, 2.24) is 5.43 Å². The summed E-state index contributed by atoms with van der Waals surface area (Å²) < 4.78 is 1.42. The van der Waals surface area contributed by atoms with E-state index >= 15 is 0 Å². The maximum absolute atomic E-state index is 9.75. The van der Waals surface area contributed by atoms with E-state index in [0.717, 1.165) is 4.47 Å². The highest BCUT2D eigenvalue weighted by Crippen LogP contribution is 2.34. The molecule has 80 valence electrons. The third-order valence-electron chi connectivity index (χ3n) is 1.64. The second-order valence-electron chi connectivity index (χ2n) is 2.67. The molecule has 0 radical (unpaired) electrons. The SMILES string of the molecule is C=C(NN=NC)c1cc(Br)cc(Br)c1O. The molecule has 0 atom stereocenters. The molecule has 0 aliphatic rings. The summed E-state index contributed by atoms with van der Waals surface area (Å²) in [6.07, 6.45) is 0. The van der Waals surface area contributed by atoms with Crippen LogP contribution in [0.2, 0.25) is 0 Å². The van der Waals surface area contributed by atoms with Gasteiger partial charge in [0.1, 0.15) is 5.75 Å². The van der Waals surface area contributed by atoms with Gasteiger partial charge >= 0.3 is 0 Å². The van der Waals surface area contributed by atoms with Crippen LogP contribution in [0, 0.1) is 0 Å². The predicted octanol–water partition coefficient (Wildman–Crippen LogP) is 3.47. The van der Waals surface area contributed by atoms with E-state index in [1.165, 1.54) is 7.05 Å². The molecule has 4 nitrogen and oxygen atoms in total. The van der Waals surface area contributed by atoms with Crippen molar-refractivity contribution < 1.29 is 5.11 Å². The Kier molecular flexibility index (Phi) is 4.28. The van der Waals surface area contributed by atoms with Crippen LogP contribution in [-0.2, 0) is 0 Å². The molecule has 0 amide bonds. The van der Waals surface area contributed by atoms with E-state index in [1.54, 1.807) is 12.1 Å². The largest absolute Gasteiger partial charge is 0.506 e. The maximum Gasteiger partial charge on any atom is 0.139 e. The molecular formula is C9H9Br2N3O. The van der Waals surface area contributed by atoms with Gasteiger partial charge < -0.3 is 5.11 Å². The lowest BCUT2D eigenvalue weighted by Crippen LogP contribution is -2.02. The Morgan fingerprint density at radius 3 is 2.73 bits per heavy atom. The van der Waals surface area contributed by atoms with E-state index in [-0.39, 0.29) is 5.75 Å². The number of nitrogens with zero attached hydrogens (tertiary/aromatic N) is 2. The summed E-state index contributed by atoms with van der Waals surface area (Å²) in [4.78, 5) is 0. The zero-order valence-corrected chi connectivity index (χ0v) is 11.1. The molecule has 0 bridgehead atoms. The Hall–Kier alpha value is -0.880. The number of aromatic hydroxyl groups is 1. The number of phenols is 1. The van der Waals surface area contributed by atoms with Gasteiger partial charge in [0, 0.05) is 10.0 Å². The fourth-order valence-electron chi connectivity index (χ4n) is 0.967. The fourth-order valence-corrected chi connectivity index (χ4v) is 2.19. The first-order valence-corrected chi connectivity index (χ1v) is 5.57. The molecule has 0 unspecified atom stereocenters. The third kappa shape index (κ3) is 3.04. The highest BCUT2D eigenvalue weighted by molar-refractivity contribution is 9.11. The minimum atomic E-state index is 0.113. The maximum atomic E-state index is 9.75. The van der Waals surface area contributed by atoms with Crippen molar-refractivity contribution in [2.24, 2.45) is 10.3 Å². The molecular weight excluding hydrogens is 326 g/mol. The van der Waals surface area contributed by atoms with Crippen LogP contribution in [0.25, 0.3) is 5.70 Å². The first-order chi connectivity index (χ1) is 7.06. The summed E-state index contributed by atoms with van der Waals surface area (Å²) >= 11 is 6.55. The molecule has 0 saturated carbocycles. The van der Waals surface area contributed by atoms with Crippen LogP contribution in [0.4, 0.5) is 0 Å². The standard InChI is InChI=1S/C9H9Br2N3O/c1-5(13-14-12-2)7-3-6(10)4-8(11)9(7)15/h3-4,15H,1H2,2H3,(H,12,13). The van der Waals surface area contributed by atoms with E-state index in [1.807, 2.05) is 0 Å². The predicted molar refractivity (Wildman–Crippen MR) is 66.5 cm³/mol. The fraction of sp³-hybridized carbons (Fsp3) is 0.111. The third-order valence-corrected chi connectivity index (χ3v) is 2.70. The molecule has 0 aliphatic heterocycles. The van der Waals surface area contributed by atoms with Gasteiger partial charge in [-0.25, -0.2) is 0 Å². The number of phenolic OH excluding ortho intramolecular Hbond substituents is 1. The summed E-state index contributed by atoms with van der Waals surface area (Å²) in [6, 6.07) is 3.48. The Bertz CT molecular complexity index is 418. The van der Waals surface area contributed by atoms with E-state index in [0.29, 0.717) is 15.7 Å². The number of nitrogens with one attached hydrogen (secondary N) is 1. The van der Waals surface area contributed by atoms with Crippen LogP contribution in [0.1, 0.15) is 5.56 Å². The minimum Gasteiger partial charge on any atom is -0.506 e. The first kappa shape index (κ1) is 12.2. The van der Waals surface area contributed by atoms with Crippen molar-refractivity contribution in [1.29, 1.82) is 0 Å². The lowest BCUT2D eigenvalue weighted by molar-refractivity contribution is 0.469. The Balaban J connectivity index is 3.08. The van der Waals surface area contributed by atoms with Crippen molar-refractivity contribution in [2.75, 3.05) is 7.05 Å².